The summed E-state index contributed by atoms with van der Waals surface area (Å²) in [5.74, 6) is -2.32. The number of anilines is 1. The molecule has 2 aromatic carbocycles. The van der Waals surface area contributed by atoms with E-state index in [2.05, 4.69) is 10.6 Å². The molecule has 3 rings (SSSR count). The first-order valence-electron chi connectivity index (χ1n) is 7.79. The summed E-state index contributed by atoms with van der Waals surface area (Å²) in [6, 6.07) is 12.3. The van der Waals surface area contributed by atoms with Crippen LogP contribution in [0.5, 0.6) is 0 Å². The fourth-order valence-corrected chi connectivity index (χ4v) is 3.35. The zero-order valence-corrected chi connectivity index (χ0v) is 14.3. The Balaban J connectivity index is 1.69. The van der Waals surface area contributed by atoms with E-state index in [0.29, 0.717) is 0 Å². The number of rotatable bonds is 6. The molecule has 1 atom stereocenters. The molecule has 0 saturated carbocycles. The predicted octanol–water partition coefficient (Wildman–Crippen LogP) is 4.48. The first-order chi connectivity index (χ1) is 12.5. The first-order valence-corrected chi connectivity index (χ1v) is 8.67. The highest BCUT2D eigenvalue weighted by Gasteiger charge is 2.16. The normalized spacial score (nSPS) is 12.0. The minimum atomic E-state index is -0.768. The largest absolute Gasteiger partial charge is 0.325 e. The fraction of sp³-hybridized carbons (Fsp3) is 0.105. The summed E-state index contributed by atoms with van der Waals surface area (Å²) in [5, 5.41) is 7.45. The third-order valence-corrected chi connectivity index (χ3v) is 4.58. The van der Waals surface area contributed by atoms with Gasteiger partial charge in [-0.2, -0.15) is 0 Å². The zero-order chi connectivity index (χ0) is 18.5. The molecule has 0 aliphatic rings. The van der Waals surface area contributed by atoms with Crippen LogP contribution in [-0.2, 0) is 4.79 Å². The lowest BCUT2D eigenvalue weighted by Crippen LogP contribution is -2.31. The van der Waals surface area contributed by atoms with Crippen molar-refractivity contribution in [1.29, 1.82) is 0 Å². The number of nitrogens with one attached hydrogen (secondary N) is 2. The average molecular weight is 376 g/mol. The second kappa shape index (κ2) is 8.16. The van der Waals surface area contributed by atoms with Crippen LogP contribution in [0.25, 0.3) is 0 Å². The predicted molar refractivity (Wildman–Crippen MR) is 95.6 cm³/mol. The summed E-state index contributed by atoms with van der Waals surface area (Å²) in [6.07, 6.45) is 0. The molecule has 7 heteroatoms. The van der Waals surface area contributed by atoms with Crippen LogP contribution in [0.15, 0.2) is 60.0 Å². The van der Waals surface area contributed by atoms with Gasteiger partial charge in [0.05, 0.1) is 12.6 Å². The van der Waals surface area contributed by atoms with Crippen LogP contribution < -0.4 is 10.6 Å². The Morgan fingerprint density at radius 3 is 2.27 bits per heavy atom. The Morgan fingerprint density at radius 1 is 0.962 bits per heavy atom. The lowest BCUT2D eigenvalue weighted by molar-refractivity contribution is -0.115. The van der Waals surface area contributed by atoms with E-state index in [1.54, 1.807) is 12.1 Å². The molecule has 0 saturated heterocycles. The molecule has 0 aliphatic heterocycles. The Bertz CT molecular complexity index is 862. The minimum absolute atomic E-state index is 0.0451. The molecule has 3 nitrogen and oxygen atoms in total. The maximum atomic E-state index is 13.2. The van der Waals surface area contributed by atoms with Crippen LogP contribution in [0.2, 0.25) is 0 Å². The number of thiophene rings is 1. The van der Waals surface area contributed by atoms with Gasteiger partial charge in [-0.15, -0.1) is 11.3 Å². The van der Waals surface area contributed by atoms with E-state index in [9.17, 15) is 18.0 Å². The summed E-state index contributed by atoms with van der Waals surface area (Å²) in [7, 11) is 0. The van der Waals surface area contributed by atoms with E-state index in [1.165, 1.54) is 23.5 Å². The smallest absolute Gasteiger partial charge is 0.238 e. The molecule has 3 aromatic rings. The van der Waals surface area contributed by atoms with E-state index >= 15 is 0 Å². The fourth-order valence-electron chi connectivity index (χ4n) is 2.52. The molecule has 1 aromatic heterocycles. The van der Waals surface area contributed by atoms with E-state index in [0.717, 1.165) is 28.6 Å². The Morgan fingerprint density at radius 2 is 1.65 bits per heavy atom. The molecule has 134 valence electrons. The van der Waals surface area contributed by atoms with Crippen LogP contribution in [0, 0.1) is 17.5 Å². The number of halogens is 3. The summed E-state index contributed by atoms with van der Waals surface area (Å²) in [5.41, 5.74) is 0.849. The van der Waals surface area contributed by atoms with Crippen molar-refractivity contribution in [2.45, 2.75) is 6.04 Å². The number of hydrogen-bond acceptors (Lipinski definition) is 3. The molecule has 0 bridgehead atoms. The van der Waals surface area contributed by atoms with Crippen molar-refractivity contribution in [1.82, 2.24) is 5.32 Å². The lowest BCUT2D eigenvalue weighted by atomic mass is 10.1. The van der Waals surface area contributed by atoms with Gasteiger partial charge in [0.2, 0.25) is 5.91 Å². The van der Waals surface area contributed by atoms with Gasteiger partial charge in [-0.3, -0.25) is 10.1 Å². The highest BCUT2D eigenvalue weighted by molar-refractivity contribution is 7.10. The van der Waals surface area contributed by atoms with Crippen molar-refractivity contribution < 1.29 is 18.0 Å². The molecule has 0 radical (unpaired) electrons. The molecule has 26 heavy (non-hydrogen) atoms. The van der Waals surface area contributed by atoms with Gasteiger partial charge in [0, 0.05) is 16.6 Å². The molecule has 0 aliphatic carbocycles. The van der Waals surface area contributed by atoms with Crippen LogP contribution >= 0.6 is 11.3 Å². The van der Waals surface area contributed by atoms with Gasteiger partial charge in [0.1, 0.15) is 17.5 Å². The quantitative estimate of drug-likeness (QED) is 0.666. The van der Waals surface area contributed by atoms with Crippen LogP contribution in [0.1, 0.15) is 16.5 Å². The van der Waals surface area contributed by atoms with E-state index in [4.69, 9.17) is 0 Å². The number of amides is 1. The Labute approximate surface area is 152 Å². The summed E-state index contributed by atoms with van der Waals surface area (Å²) in [6.45, 7) is -0.0852. The Kier molecular flexibility index (Phi) is 5.70. The molecule has 1 amide bonds. The Hall–Kier alpha value is -2.64. The van der Waals surface area contributed by atoms with Crippen molar-refractivity contribution in [3.63, 3.8) is 0 Å². The van der Waals surface area contributed by atoms with Crippen LogP contribution in [0.4, 0.5) is 18.9 Å². The number of carbonyl (C=O) groups excluding carboxylic acids is 1. The maximum Gasteiger partial charge on any atom is 0.238 e. The van der Waals surface area contributed by atoms with E-state index in [1.807, 2.05) is 17.5 Å². The van der Waals surface area contributed by atoms with Gasteiger partial charge in [0.15, 0.2) is 0 Å². The molecule has 1 heterocycles. The highest BCUT2D eigenvalue weighted by Crippen LogP contribution is 2.26. The third-order valence-electron chi connectivity index (χ3n) is 3.64. The second-order valence-electron chi connectivity index (χ2n) is 5.59. The maximum absolute atomic E-state index is 13.2. The SMILES string of the molecule is O=C(CNC(c1ccc(F)cc1)c1cccs1)Nc1cc(F)cc(F)c1. The van der Waals surface area contributed by atoms with Crippen molar-refractivity contribution in [3.8, 4) is 0 Å². The van der Waals surface area contributed by atoms with E-state index in [-0.39, 0.29) is 24.1 Å². The topological polar surface area (TPSA) is 41.1 Å². The standard InChI is InChI=1S/C19H15F3N2OS/c20-13-5-3-12(4-6-13)19(17-2-1-7-26-17)23-11-18(25)24-16-9-14(21)8-15(22)10-16/h1-10,19,23H,11H2,(H,24,25). The first kappa shape index (κ1) is 18.2. The van der Waals surface area contributed by atoms with Crippen LogP contribution in [0.3, 0.4) is 0 Å². The minimum Gasteiger partial charge on any atom is -0.325 e. The van der Waals surface area contributed by atoms with E-state index < -0.39 is 17.5 Å². The molecule has 1 unspecified atom stereocenters. The van der Waals surface area contributed by atoms with Gasteiger partial charge in [-0.25, -0.2) is 13.2 Å². The van der Waals surface area contributed by atoms with Gasteiger partial charge >= 0.3 is 0 Å². The number of carbonyl (C=O) groups is 1. The van der Waals surface area contributed by atoms with Crippen LogP contribution in [-0.4, -0.2) is 12.5 Å². The van der Waals surface area contributed by atoms with Gasteiger partial charge < -0.3 is 5.32 Å². The molecular formula is C19H15F3N2OS. The zero-order valence-electron chi connectivity index (χ0n) is 13.5. The monoisotopic (exact) mass is 376 g/mol. The second-order valence-corrected chi connectivity index (χ2v) is 6.57. The molecular weight excluding hydrogens is 361 g/mol. The number of hydrogen-bond donors (Lipinski definition) is 2. The van der Waals surface area contributed by atoms with Gasteiger partial charge in [-0.1, -0.05) is 18.2 Å². The molecule has 0 spiro atoms. The molecule has 0 fully saturated rings. The summed E-state index contributed by atoms with van der Waals surface area (Å²) in [4.78, 5) is 13.1. The summed E-state index contributed by atoms with van der Waals surface area (Å²) >= 11 is 1.50. The molecule has 2 N–H and O–H groups in total. The van der Waals surface area contributed by atoms with Crippen molar-refractivity contribution in [3.05, 3.63) is 87.9 Å². The van der Waals surface area contributed by atoms with Crippen molar-refractivity contribution in [2.24, 2.45) is 0 Å². The average Bonchev–Trinajstić information content (AvgIpc) is 3.10. The van der Waals surface area contributed by atoms with Crippen molar-refractivity contribution in [2.75, 3.05) is 11.9 Å². The van der Waals surface area contributed by atoms with Crippen molar-refractivity contribution >= 4 is 22.9 Å². The lowest BCUT2D eigenvalue weighted by Gasteiger charge is -2.18. The van der Waals surface area contributed by atoms with Gasteiger partial charge in [0.25, 0.3) is 0 Å². The van der Waals surface area contributed by atoms with Gasteiger partial charge in [-0.05, 0) is 41.3 Å². The highest BCUT2D eigenvalue weighted by atomic mass is 32.1. The summed E-state index contributed by atoms with van der Waals surface area (Å²) < 4.78 is 39.6. The third kappa shape index (κ3) is 4.71. The number of benzene rings is 2.